The second-order valence-electron chi connectivity index (χ2n) is 22.1. The molecule has 0 aromatic rings. The number of ether oxygens (including phenoxy) is 1. The maximum atomic E-state index is 12.5. The lowest BCUT2D eigenvalue weighted by atomic mass is 10.0. The first-order valence-electron chi connectivity index (χ1n) is 32.1. The highest BCUT2D eigenvalue weighted by atomic mass is 16.5. The summed E-state index contributed by atoms with van der Waals surface area (Å²) in [5.41, 5.74) is 0. The molecule has 3 N–H and O–H groups in total. The number of hydrogen-bond acceptors (Lipinski definition) is 5. The van der Waals surface area contributed by atoms with E-state index in [0.29, 0.717) is 25.9 Å². The SMILES string of the molecule is CCCCC/C=C\C/C=C\CCCCCCCC(=O)OCCCCCCCCCCCCCCCCCCCCC(=O)NC(CO)C(O)CCCCCCCCCCCCCCCCCCCCCCC. The third kappa shape index (κ3) is 57.5. The summed E-state index contributed by atoms with van der Waals surface area (Å²) in [7, 11) is 0. The topological polar surface area (TPSA) is 95.9 Å². The van der Waals surface area contributed by atoms with Crippen LogP contribution in [0.2, 0.25) is 0 Å². The van der Waals surface area contributed by atoms with Crippen LogP contribution in [0, 0.1) is 0 Å². The van der Waals surface area contributed by atoms with Gasteiger partial charge in [-0.2, -0.15) is 0 Å². The molecule has 0 aliphatic carbocycles. The van der Waals surface area contributed by atoms with Crippen LogP contribution in [0.15, 0.2) is 24.3 Å². The summed E-state index contributed by atoms with van der Waals surface area (Å²) in [6.45, 7) is 4.94. The quantitative estimate of drug-likeness (QED) is 0.0320. The second-order valence-corrected chi connectivity index (χ2v) is 22.1. The molecule has 1 amide bonds. The first-order valence-corrected chi connectivity index (χ1v) is 32.1. The molecule has 6 nitrogen and oxygen atoms in total. The number of carbonyl (C=O) groups is 2. The lowest BCUT2D eigenvalue weighted by molar-refractivity contribution is -0.143. The molecule has 71 heavy (non-hydrogen) atoms. The monoisotopic (exact) mass is 1000 g/mol. The highest BCUT2D eigenvalue weighted by Crippen LogP contribution is 2.18. The molecular weight excluding hydrogens is 875 g/mol. The van der Waals surface area contributed by atoms with E-state index in [9.17, 15) is 19.8 Å². The fourth-order valence-corrected chi connectivity index (χ4v) is 10.1. The number of esters is 1. The first kappa shape index (κ1) is 69.3. The Bertz CT molecular complexity index is 1110. The molecule has 0 aromatic carbocycles. The predicted molar refractivity (Wildman–Crippen MR) is 310 cm³/mol. The maximum absolute atomic E-state index is 12.5. The van der Waals surface area contributed by atoms with Crippen molar-refractivity contribution in [1.82, 2.24) is 5.32 Å². The average Bonchev–Trinajstić information content (AvgIpc) is 3.37. The van der Waals surface area contributed by atoms with E-state index in [-0.39, 0.29) is 18.5 Å². The number of nitrogens with one attached hydrogen (secondary N) is 1. The van der Waals surface area contributed by atoms with Crippen LogP contribution < -0.4 is 5.32 Å². The van der Waals surface area contributed by atoms with Crippen LogP contribution >= 0.6 is 0 Å². The molecule has 0 saturated carbocycles. The highest BCUT2D eigenvalue weighted by molar-refractivity contribution is 5.76. The third-order valence-electron chi connectivity index (χ3n) is 15.0. The van der Waals surface area contributed by atoms with Crippen LogP contribution in [0.4, 0.5) is 0 Å². The molecule has 0 aromatic heterocycles. The lowest BCUT2D eigenvalue weighted by Crippen LogP contribution is -2.45. The zero-order valence-electron chi connectivity index (χ0n) is 48.0. The van der Waals surface area contributed by atoms with Gasteiger partial charge in [0.2, 0.25) is 5.91 Å². The Hall–Kier alpha value is -1.66. The van der Waals surface area contributed by atoms with Crippen molar-refractivity contribution in [3.8, 4) is 0 Å². The molecule has 0 aliphatic rings. The van der Waals surface area contributed by atoms with E-state index >= 15 is 0 Å². The number of hydrogen-bond donors (Lipinski definition) is 3. The lowest BCUT2D eigenvalue weighted by Gasteiger charge is -2.22. The molecule has 0 radical (unpaired) electrons. The van der Waals surface area contributed by atoms with Crippen molar-refractivity contribution in [1.29, 1.82) is 0 Å². The van der Waals surface area contributed by atoms with Crippen LogP contribution in [0.1, 0.15) is 354 Å². The van der Waals surface area contributed by atoms with Crippen LogP contribution in [0.25, 0.3) is 0 Å². The van der Waals surface area contributed by atoms with Crippen molar-refractivity contribution in [3.05, 3.63) is 24.3 Å². The van der Waals surface area contributed by atoms with Crippen LogP contribution in [0.3, 0.4) is 0 Å². The summed E-state index contributed by atoms with van der Waals surface area (Å²) < 4.78 is 5.48. The van der Waals surface area contributed by atoms with Crippen LogP contribution in [-0.2, 0) is 14.3 Å². The number of amides is 1. The Morgan fingerprint density at radius 1 is 0.394 bits per heavy atom. The number of allylic oxidation sites excluding steroid dienone is 4. The van der Waals surface area contributed by atoms with Crippen molar-refractivity contribution in [3.63, 3.8) is 0 Å². The average molecular weight is 1000 g/mol. The smallest absolute Gasteiger partial charge is 0.305 e. The molecular formula is C65H125NO5. The van der Waals surface area contributed by atoms with Gasteiger partial charge in [0, 0.05) is 12.8 Å². The van der Waals surface area contributed by atoms with E-state index in [1.54, 1.807) is 0 Å². The summed E-state index contributed by atoms with van der Waals surface area (Å²) >= 11 is 0. The fourth-order valence-electron chi connectivity index (χ4n) is 10.1. The number of carbonyl (C=O) groups excluding carboxylic acids is 2. The van der Waals surface area contributed by atoms with Gasteiger partial charge in [-0.15, -0.1) is 0 Å². The molecule has 2 atom stereocenters. The van der Waals surface area contributed by atoms with Gasteiger partial charge in [-0.05, 0) is 57.8 Å². The van der Waals surface area contributed by atoms with Crippen LogP contribution in [-0.4, -0.2) is 47.4 Å². The summed E-state index contributed by atoms with van der Waals surface area (Å²) in [6, 6.07) is -0.546. The van der Waals surface area contributed by atoms with E-state index in [1.165, 1.54) is 270 Å². The first-order chi connectivity index (χ1) is 35.0. The number of aliphatic hydroxyl groups excluding tert-OH is 2. The number of unbranched alkanes of at least 4 members (excludes halogenated alkanes) is 45. The number of aliphatic hydroxyl groups is 2. The molecule has 2 unspecified atom stereocenters. The van der Waals surface area contributed by atoms with Crippen molar-refractivity contribution in [2.24, 2.45) is 0 Å². The fraction of sp³-hybridized carbons (Fsp3) is 0.908. The Morgan fingerprint density at radius 3 is 1.10 bits per heavy atom. The van der Waals surface area contributed by atoms with Gasteiger partial charge in [-0.3, -0.25) is 9.59 Å². The highest BCUT2D eigenvalue weighted by Gasteiger charge is 2.20. The van der Waals surface area contributed by atoms with Gasteiger partial charge < -0.3 is 20.3 Å². The minimum Gasteiger partial charge on any atom is -0.466 e. The molecule has 0 heterocycles. The van der Waals surface area contributed by atoms with E-state index in [2.05, 4.69) is 43.5 Å². The van der Waals surface area contributed by atoms with Crippen molar-refractivity contribution >= 4 is 11.9 Å². The molecule has 420 valence electrons. The van der Waals surface area contributed by atoms with E-state index in [0.717, 1.165) is 51.4 Å². The summed E-state index contributed by atoms with van der Waals surface area (Å²) in [4.78, 5) is 24.6. The molecule has 0 bridgehead atoms. The van der Waals surface area contributed by atoms with E-state index < -0.39 is 12.1 Å². The maximum Gasteiger partial charge on any atom is 0.305 e. The molecule has 0 rings (SSSR count). The van der Waals surface area contributed by atoms with Crippen molar-refractivity contribution in [2.75, 3.05) is 13.2 Å². The van der Waals surface area contributed by atoms with Crippen molar-refractivity contribution < 1.29 is 24.5 Å². The molecule has 0 aliphatic heterocycles. The summed E-state index contributed by atoms with van der Waals surface area (Å²) in [5, 5.41) is 23.4. The second kappa shape index (κ2) is 60.9. The molecule has 0 fully saturated rings. The largest absolute Gasteiger partial charge is 0.466 e. The Labute approximate surface area is 443 Å². The molecule has 0 saturated heterocycles. The summed E-state index contributed by atoms with van der Waals surface area (Å²) in [6.07, 6.45) is 74.7. The number of rotatable bonds is 60. The van der Waals surface area contributed by atoms with Gasteiger partial charge in [0.05, 0.1) is 25.4 Å². The zero-order chi connectivity index (χ0) is 51.4. The Morgan fingerprint density at radius 2 is 0.704 bits per heavy atom. The van der Waals surface area contributed by atoms with Gasteiger partial charge >= 0.3 is 5.97 Å². The standard InChI is InChI=1S/C65H125NO5/c1-3-5-7-9-11-13-15-17-19-20-21-22-23-26-30-33-37-41-45-49-53-57-63(68)62(61-67)66-64(69)58-54-50-46-42-38-34-31-27-24-25-28-32-36-40-44-48-52-56-60-71-65(70)59-55-51-47-43-39-35-29-18-16-14-12-10-8-6-4-2/h12,14,18,29,62-63,67-68H,3-11,13,15-17,19-28,30-61H2,1-2H3,(H,66,69)/b14-12-,29-18-. The molecule has 0 spiro atoms. The molecule has 6 heteroatoms. The summed E-state index contributed by atoms with van der Waals surface area (Å²) in [5.74, 6) is -0.0416. The van der Waals surface area contributed by atoms with Gasteiger partial charge in [0.1, 0.15) is 0 Å². The normalized spacial score (nSPS) is 12.7. The van der Waals surface area contributed by atoms with Gasteiger partial charge in [0.15, 0.2) is 0 Å². The van der Waals surface area contributed by atoms with Crippen molar-refractivity contribution in [2.45, 2.75) is 366 Å². The van der Waals surface area contributed by atoms with Gasteiger partial charge in [0.25, 0.3) is 0 Å². The van der Waals surface area contributed by atoms with Crippen LogP contribution in [0.5, 0.6) is 0 Å². The van der Waals surface area contributed by atoms with Gasteiger partial charge in [-0.25, -0.2) is 0 Å². The minimum absolute atomic E-state index is 0.00586. The Kier molecular flexibility index (Phi) is 59.5. The van der Waals surface area contributed by atoms with E-state index in [4.69, 9.17) is 4.74 Å². The Balaban J connectivity index is 3.41. The minimum atomic E-state index is -0.668. The predicted octanol–water partition coefficient (Wildman–Crippen LogP) is 20.2. The van der Waals surface area contributed by atoms with Gasteiger partial charge in [-0.1, -0.05) is 308 Å². The zero-order valence-corrected chi connectivity index (χ0v) is 48.0. The third-order valence-corrected chi connectivity index (χ3v) is 15.0. The van der Waals surface area contributed by atoms with E-state index in [1.807, 2.05) is 0 Å².